The number of hydrogen-bond acceptors (Lipinski definition) is 3. The van der Waals surface area contributed by atoms with E-state index in [4.69, 9.17) is 9.84 Å². The van der Waals surface area contributed by atoms with Gasteiger partial charge >= 0.3 is 5.97 Å². The summed E-state index contributed by atoms with van der Waals surface area (Å²) in [5.74, 6) is -1.12. The molecule has 0 aliphatic carbocycles. The second-order valence-electron chi connectivity index (χ2n) is 4.87. The van der Waals surface area contributed by atoms with Crippen molar-refractivity contribution in [3.8, 4) is 0 Å². The molecule has 1 aliphatic rings. The largest absolute Gasteiger partial charge is 0.479 e. The van der Waals surface area contributed by atoms with Gasteiger partial charge in [0.05, 0.1) is 0 Å². The van der Waals surface area contributed by atoms with E-state index in [1.165, 1.54) is 0 Å². The summed E-state index contributed by atoms with van der Waals surface area (Å²) in [4.78, 5) is 24.9. The first-order valence-electron chi connectivity index (χ1n) is 6.82. The summed E-state index contributed by atoms with van der Waals surface area (Å²) < 4.78 is 5.31. The van der Waals surface area contributed by atoms with Crippen molar-refractivity contribution in [1.82, 2.24) is 4.90 Å². The van der Waals surface area contributed by atoms with Gasteiger partial charge in [-0.05, 0) is 25.3 Å². The highest BCUT2D eigenvalue weighted by molar-refractivity contribution is 5.82. The third-order valence-electron chi connectivity index (χ3n) is 3.48. The van der Waals surface area contributed by atoms with Crippen molar-refractivity contribution in [2.75, 3.05) is 6.54 Å². The number of amides is 1. The minimum Gasteiger partial charge on any atom is -0.479 e. The monoisotopic (exact) mass is 277 g/mol. The number of carbonyl (C=O) groups is 2. The quantitative estimate of drug-likeness (QED) is 0.889. The number of carboxylic acid groups (broad SMARTS) is 1. The molecule has 1 aromatic carbocycles. The third-order valence-corrected chi connectivity index (χ3v) is 3.48. The van der Waals surface area contributed by atoms with Crippen molar-refractivity contribution in [1.29, 1.82) is 0 Å². The molecule has 1 aromatic rings. The molecule has 0 radical (unpaired) electrons. The summed E-state index contributed by atoms with van der Waals surface area (Å²) in [6.07, 6.45) is -0.602. The number of carboxylic acids is 1. The van der Waals surface area contributed by atoms with Gasteiger partial charge in [-0.3, -0.25) is 4.79 Å². The maximum atomic E-state index is 12.4. The fraction of sp³-hybridized carbons (Fsp3) is 0.467. The van der Waals surface area contributed by atoms with Gasteiger partial charge in [0, 0.05) is 13.1 Å². The molecule has 0 spiro atoms. The Morgan fingerprint density at radius 2 is 1.90 bits per heavy atom. The number of rotatable bonds is 5. The number of likely N-dealkylation sites (N-methyl/N-ethyl adjacent to an activating group) is 1. The lowest BCUT2D eigenvalue weighted by atomic mass is 10.1. The first-order chi connectivity index (χ1) is 9.61. The van der Waals surface area contributed by atoms with E-state index in [2.05, 4.69) is 0 Å². The van der Waals surface area contributed by atoms with Crippen LogP contribution in [0.5, 0.6) is 0 Å². The molecule has 20 heavy (non-hydrogen) atoms. The summed E-state index contributed by atoms with van der Waals surface area (Å²) >= 11 is 0. The zero-order chi connectivity index (χ0) is 14.5. The standard InChI is InChI=1S/C15H19NO4/c1-2-16(10-11-6-4-3-5-7-11)14(17)12-8-9-13(20-12)15(18)19/h3-7,12-13H,2,8-10H2,1H3,(H,18,19)/t12-,13+/m0/s1. The Morgan fingerprint density at radius 1 is 1.25 bits per heavy atom. The van der Waals surface area contributed by atoms with Crippen LogP contribution in [0.4, 0.5) is 0 Å². The van der Waals surface area contributed by atoms with Crippen LogP contribution in [0.3, 0.4) is 0 Å². The van der Waals surface area contributed by atoms with E-state index >= 15 is 0 Å². The van der Waals surface area contributed by atoms with E-state index in [0.29, 0.717) is 25.9 Å². The zero-order valence-corrected chi connectivity index (χ0v) is 11.5. The van der Waals surface area contributed by atoms with E-state index < -0.39 is 18.2 Å². The van der Waals surface area contributed by atoms with Gasteiger partial charge in [0.2, 0.25) is 0 Å². The summed E-state index contributed by atoms with van der Waals surface area (Å²) in [7, 11) is 0. The second-order valence-corrected chi connectivity index (χ2v) is 4.87. The molecule has 1 fully saturated rings. The van der Waals surface area contributed by atoms with Crippen molar-refractivity contribution in [2.24, 2.45) is 0 Å². The van der Waals surface area contributed by atoms with E-state index in [0.717, 1.165) is 5.56 Å². The van der Waals surface area contributed by atoms with Crippen LogP contribution in [0, 0.1) is 0 Å². The van der Waals surface area contributed by atoms with Gasteiger partial charge in [0.25, 0.3) is 5.91 Å². The molecule has 5 heteroatoms. The highest BCUT2D eigenvalue weighted by atomic mass is 16.5. The van der Waals surface area contributed by atoms with Crippen molar-refractivity contribution in [3.63, 3.8) is 0 Å². The highest BCUT2D eigenvalue weighted by Crippen LogP contribution is 2.22. The fourth-order valence-corrected chi connectivity index (χ4v) is 2.35. The predicted molar refractivity (Wildman–Crippen MR) is 73.1 cm³/mol. The average molecular weight is 277 g/mol. The average Bonchev–Trinajstić information content (AvgIpc) is 2.95. The van der Waals surface area contributed by atoms with Gasteiger partial charge in [-0.15, -0.1) is 0 Å². The lowest BCUT2D eigenvalue weighted by molar-refractivity contribution is -0.155. The molecule has 2 rings (SSSR count). The minimum absolute atomic E-state index is 0.125. The van der Waals surface area contributed by atoms with Crippen LogP contribution in [0.1, 0.15) is 25.3 Å². The van der Waals surface area contributed by atoms with Crippen molar-refractivity contribution < 1.29 is 19.4 Å². The van der Waals surface area contributed by atoms with Crippen molar-refractivity contribution in [2.45, 2.75) is 38.5 Å². The molecule has 0 unspecified atom stereocenters. The topological polar surface area (TPSA) is 66.8 Å². The Labute approximate surface area is 118 Å². The summed E-state index contributed by atoms with van der Waals surface area (Å²) in [6.45, 7) is 3.00. The lowest BCUT2D eigenvalue weighted by Gasteiger charge is -2.24. The Balaban J connectivity index is 1.98. The second kappa shape index (κ2) is 6.52. The van der Waals surface area contributed by atoms with Gasteiger partial charge in [-0.1, -0.05) is 30.3 Å². The number of ether oxygens (including phenoxy) is 1. The molecule has 1 amide bonds. The molecule has 1 aliphatic heterocycles. The van der Waals surface area contributed by atoms with Gasteiger partial charge in [-0.25, -0.2) is 4.79 Å². The maximum Gasteiger partial charge on any atom is 0.332 e. The van der Waals surface area contributed by atoms with Crippen molar-refractivity contribution in [3.05, 3.63) is 35.9 Å². The molecule has 0 bridgehead atoms. The first-order valence-corrected chi connectivity index (χ1v) is 6.82. The van der Waals surface area contributed by atoms with Crippen molar-refractivity contribution >= 4 is 11.9 Å². The molecule has 0 saturated carbocycles. The zero-order valence-electron chi connectivity index (χ0n) is 11.5. The van der Waals surface area contributed by atoms with Crippen LogP contribution >= 0.6 is 0 Å². The number of benzene rings is 1. The SMILES string of the molecule is CCN(Cc1ccccc1)C(=O)[C@@H]1CC[C@H](C(=O)O)O1. The van der Waals surface area contributed by atoms with Gasteiger partial charge < -0.3 is 14.7 Å². The van der Waals surface area contributed by atoms with Crippen LogP contribution < -0.4 is 0 Å². The minimum atomic E-state index is -0.994. The molecular formula is C15H19NO4. The number of carbonyl (C=O) groups excluding carboxylic acids is 1. The molecule has 1 N–H and O–H groups in total. The van der Waals surface area contributed by atoms with Gasteiger partial charge in [0.1, 0.15) is 6.10 Å². The van der Waals surface area contributed by atoms with Gasteiger partial charge in [-0.2, -0.15) is 0 Å². The Morgan fingerprint density at radius 3 is 2.45 bits per heavy atom. The Bertz CT molecular complexity index is 474. The Kier molecular flexibility index (Phi) is 4.74. The van der Waals surface area contributed by atoms with Crippen LogP contribution in [-0.4, -0.2) is 40.6 Å². The normalized spacial score (nSPS) is 21.6. The van der Waals surface area contributed by atoms with E-state index in [9.17, 15) is 9.59 Å². The molecule has 1 saturated heterocycles. The summed E-state index contributed by atoms with van der Waals surface area (Å²) in [5.41, 5.74) is 1.05. The Hall–Kier alpha value is -1.88. The molecule has 1 heterocycles. The molecule has 0 aromatic heterocycles. The van der Waals surface area contributed by atoms with E-state index in [-0.39, 0.29) is 5.91 Å². The number of hydrogen-bond donors (Lipinski definition) is 1. The number of nitrogens with zero attached hydrogens (tertiary/aromatic N) is 1. The molecule has 5 nitrogen and oxygen atoms in total. The van der Waals surface area contributed by atoms with Crippen LogP contribution in [-0.2, 0) is 20.9 Å². The molecular weight excluding hydrogens is 258 g/mol. The van der Waals surface area contributed by atoms with Crippen LogP contribution in [0.2, 0.25) is 0 Å². The summed E-state index contributed by atoms with van der Waals surface area (Å²) in [6, 6.07) is 9.72. The van der Waals surface area contributed by atoms with Gasteiger partial charge in [0.15, 0.2) is 6.10 Å². The smallest absolute Gasteiger partial charge is 0.332 e. The lowest BCUT2D eigenvalue weighted by Crippen LogP contribution is -2.39. The molecule has 2 atom stereocenters. The van der Waals surface area contributed by atoms with Crippen LogP contribution in [0.15, 0.2) is 30.3 Å². The third kappa shape index (κ3) is 3.36. The molecule has 108 valence electrons. The predicted octanol–water partition coefficient (Wildman–Crippen LogP) is 1.67. The summed E-state index contributed by atoms with van der Waals surface area (Å²) in [5, 5.41) is 8.89. The first kappa shape index (κ1) is 14.5. The highest BCUT2D eigenvalue weighted by Gasteiger charge is 2.36. The van der Waals surface area contributed by atoms with E-state index in [1.807, 2.05) is 37.3 Å². The van der Waals surface area contributed by atoms with Crippen LogP contribution in [0.25, 0.3) is 0 Å². The number of aliphatic carboxylic acids is 1. The fourth-order valence-electron chi connectivity index (χ4n) is 2.35. The maximum absolute atomic E-state index is 12.4. The van der Waals surface area contributed by atoms with E-state index in [1.54, 1.807) is 4.90 Å².